The number of para-hydroxylation sites is 2. The van der Waals surface area contributed by atoms with Crippen LogP contribution < -0.4 is 15.4 Å². The highest BCUT2D eigenvalue weighted by Gasteiger charge is 2.23. The number of urea groups is 1. The average Bonchev–Trinajstić information content (AvgIpc) is 3.18. The van der Waals surface area contributed by atoms with Gasteiger partial charge in [0.1, 0.15) is 5.75 Å². The van der Waals surface area contributed by atoms with Gasteiger partial charge in [-0.05, 0) is 43.6 Å². The number of nitrogens with one attached hydrogen (secondary N) is 2. The molecule has 0 aliphatic carbocycles. The molecule has 5 nitrogen and oxygen atoms in total. The molecule has 0 spiro atoms. The molecule has 2 amide bonds. The summed E-state index contributed by atoms with van der Waals surface area (Å²) >= 11 is 0. The van der Waals surface area contributed by atoms with E-state index in [0.29, 0.717) is 18.0 Å². The molecule has 3 rings (SSSR count). The van der Waals surface area contributed by atoms with E-state index in [1.54, 1.807) is 7.11 Å². The lowest BCUT2D eigenvalue weighted by molar-refractivity contribution is 0.227. The largest absolute Gasteiger partial charge is 0.495 e. The number of carbonyl (C=O) groups is 1. The second kappa shape index (κ2) is 8.53. The Hall–Kier alpha value is -2.53. The van der Waals surface area contributed by atoms with Gasteiger partial charge < -0.3 is 15.4 Å². The number of likely N-dealkylation sites (tertiary alicyclic amines) is 1. The first-order valence-corrected chi connectivity index (χ1v) is 8.75. The normalized spacial score (nSPS) is 15.6. The van der Waals surface area contributed by atoms with Gasteiger partial charge in [0.2, 0.25) is 0 Å². The zero-order chi connectivity index (χ0) is 17.5. The van der Waals surface area contributed by atoms with Crippen molar-refractivity contribution in [1.29, 1.82) is 0 Å². The third-order valence-corrected chi connectivity index (χ3v) is 4.58. The van der Waals surface area contributed by atoms with Crippen LogP contribution in [0.15, 0.2) is 54.6 Å². The molecule has 1 aliphatic heterocycles. The molecule has 1 fully saturated rings. The minimum Gasteiger partial charge on any atom is -0.495 e. The number of ether oxygens (including phenoxy) is 1. The van der Waals surface area contributed by atoms with Crippen LogP contribution in [0.4, 0.5) is 10.5 Å². The fourth-order valence-electron chi connectivity index (χ4n) is 3.29. The molecule has 1 aliphatic rings. The van der Waals surface area contributed by atoms with Crippen molar-refractivity contribution in [3.8, 4) is 5.75 Å². The lowest BCUT2D eigenvalue weighted by Gasteiger charge is -2.28. The Morgan fingerprint density at radius 3 is 2.48 bits per heavy atom. The number of benzene rings is 2. The summed E-state index contributed by atoms with van der Waals surface area (Å²) in [5.41, 5.74) is 1.90. The summed E-state index contributed by atoms with van der Waals surface area (Å²) in [6.45, 7) is 2.73. The molecule has 2 N–H and O–H groups in total. The topological polar surface area (TPSA) is 53.6 Å². The molecule has 5 heteroatoms. The Morgan fingerprint density at radius 1 is 1.08 bits per heavy atom. The monoisotopic (exact) mass is 339 g/mol. The highest BCUT2D eigenvalue weighted by Crippen LogP contribution is 2.25. The quantitative estimate of drug-likeness (QED) is 0.844. The van der Waals surface area contributed by atoms with Crippen LogP contribution in [0.1, 0.15) is 24.4 Å². The van der Waals surface area contributed by atoms with Gasteiger partial charge in [-0.25, -0.2) is 4.79 Å². The van der Waals surface area contributed by atoms with Gasteiger partial charge in [0.05, 0.1) is 18.8 Å². The van der Waals surface area contributed by atoms with Crippen LogP contribution in [0.2, 0.25) is 0 Å². The molecule has 0 aromatic heterocycles. The predicted molar refractivity (Wildman–Crippen MR) is 100 cm³/mol. The van der Waals surface area contributed by atoms with E-state index < -0.39 is 0 Å². The number of rotatable bonds is 6. The number of carbonyl (C=O) groups excluding carboxylic acids is 1. The van der Waals surface area contributed by atoms with Crippen molar-refractivity contribution in [3.05, 3.63) is 60.2 Å². The van der Waals surface area contributed by atoms with E-state index in [2.05, 4.69) is 27.7 Å². The summed E-state index contributed by atoms with van der Waals surface area (Å²) in [4.78, 5) is 14.8. The lowest BCUT2D eigenvalue weighted by atomic mass is 10.1. The number of methoxy groups -OCH3 is 1. The molecule has 0 unspecified atom stereocenters. The number of anilines is 1. The van der Waals surface area contributed by atoms with Crippen molar-refractivity contribution in [2.45, 2.75) is 18.9 Å². The fraction of sp³-hybridized carbons (Fsp3) is 0.350. The van der Waals surface area contributed by atoms with Crippen LogP contribution in [0.3, 0.4) is 0 Å². The van der Waals surface area contributed by atoms with Gasteiger partial charge in [0.25, 0.3) is 0 Å². The maximum Gasteiger partial charge on any atom is 0.319 e. The Kier molecular flexibility index (Phi) is 5.90. The molecule has 25 heavy (non-hydrogen) atoms. The Morgan fingerprint density at radius 2 is 1.76 bits per heavy atom. The number of hydrogen-bond donors (Lipinski definition) is 2. The minimum absolute atomic E-state index is 0.201. The first-order valence-electron chi connectivity index (χ1n) is 8.75. The maximum absolute atomic E-state index is 12.3. The summed E-state index contributed by atoms with van der Waals surface area (Å²) in [6, 6.07) is 17.8. The van der Waals surface area contributed by atoms with Gasteiger partial charge in [0, 0.05) is 6.54 Å². The van der Waals surface area contributed by atoms with Crippen molar-refractivity contribution < 1.29 is 9.53 Å². The molecule has 1 heterocycles. The summed E-state index contributed by atoms with van der Waals surface area (Å²) in [5, 5.41) is 5.88. The van der Waals surface area contributed by atoms with Crippen LogP contribution in [-0.2, 0) is 0 Å². The van der Waals surface area contributed by atoms with Crippen molar-refractivity contribution in [2.24, 2.45) is 0 Å². The van der Waals surface area contributed by atoms with E-state index in [1.807, 2.05) is 42.5 Å². The molecule has 2 aromatic carbocycles. The Balaban J connectivity index is 1.63. The van der Waals surface area contributed by atoms with Crippen LogP contribution in [0, 0.1) is 0 Å². The summed E-state index contributed by atoms with van der Waals surface area (Å²) < 4.78 is 5.27. The molecule has 0 bridgehead atoms. The highest BCUT2D eigenvalue weighted by molar-refractivity contribution is 5.90. The van der Waals surface area contributed by atoms with Gasteiger partial charge in [-0.3, -0.25) is 4.90 Å². The van der Waals surface area contributed by atoms with Crippen LogP contribution in [-0.4, -0.2) is 37.7 Å². The van der Waals surface area contributed by atoms with Crippen LogP contribution >= 0.6 is 0 Å². The standard InChI is InChI=1S/C20H25N3O2/c1-25-19-12-6-5-11-17(19)22-20(24)21-15-18(23-13-7-8-14-23)16-9-3-2-4-10-16/h2-6,9-12,18H,7-8,13-15H2,1H3,(H2,21,22,24)/t18-/m0/s1. The van der Waals surface area contributed by atoms with Gasteiger partial charge in [-0.15, -0.1) is 0 Å². The van der Waals surface area contributed by atoms with Gasteiger partial charge in [-0.2, -0.15) is 0 Å². The molecule has 1 atom stereocenters. The first kappa shape index (κ1) is 17.3. The number of nitrogens with zero attached hydrogens (tertiary/aromatic N) is 1. The van der Waals surface area contributed by atoms with E-state index in [9.17, 15) is 4.79 Å². The van der Waals surface area contributed by atoms with E-state index in [1.165, 1.54) is 18.4 Å². The number of hydrogen-bond acceptors (Lipinski definition) is 3. The van der Waals surface area contributed by atoms with Crippen molar-refractivity contribution in [1.82, 2.24) is 10.2 Å². The van der Waals surface area contributed by atoms with Crippen molar-refractivity contribution >= 4 is 11.7 Å². The second-order valence-corrected chi connectivity index (χ2v) is 6.20. The van der Waals surface area contributed by atoms with E-state index in [-0.39, 0.29) is 12.1 Å². The highest BCUT2D eigenvalue weighted by atomic mass is 16.5. The van der Waals surface area contributed by atoms with Gasteiger partial charge >= 0.3 is 6.03 Å². The smallest absolute Gasteiger partial charge is 0.319 e. The SMILES string of the molecule is COc1ccccc1NC(=O)NC[C@@H](c1ccccc1)N1CCCC1. The van der Waals surface area contributed by atoms with Gasteiger partial charge in [0.15, 0.2) is 0 Å². The van der Waals surface area contributed by atoms with E-state index in [4.69, 9.17) is 4.74 Å². The first-order chi connectivity index (χ1) is 12.3. The van der Waals surface area contributed by atoms with E-state index >= 15 is 0 Å². The molecule has 2 aromatic rings. The van der Waals surface area contributed by atoms with Crippen molar-refractivity contribution in [3.63, 3.8) is 0 Å². The zero-order valence-electron chi connectivity index (χ0n) is 14.6. The average molecular weight is 339 g/mol. The summed E-state index contributed by atoms with van der Waals surface area (Å²) in [7, 11) is 1.59. The fourth-order valence-corrected chi connectivity index (χ4v) is 3.29. The number of amides is 2. The van der Waals surface area contributed by atoms with Crippen LogP contribution in [0.25, 0.3) is 0 Å². The third kappa shape index (κ3) is 4.51. The van der Waals surface area contributed by atoms with E-state index in [0.717, 1.165) is 13.1 Å². The molecular formula is C20H25N3O2. The summed E-state index contributed by atoms with van der Waals surface area (Å²) in [6.07, 6.45) is 2.44. The minimum atomic E-state index is -0.218. The van der Waals surface area contributed by atoms with Crippen molar-refractivity contribution in [2.75, 3.05) is 32.1 Å². The molecular weight excluding hydrogens is 314 g/mol. The van der Waals surface area contributed by atoms with Gasteiger partial charge in [-0.1, -0.05) is 42.5 Å². The molecule has 132 valence electrons. The summed E-state index contributed by atoms with van der Waals surface area (Å²) in [5.74, 6) is 0.650. The Labute approximate surface area is 149 Å². The second-order valence-electron chi connectivity index (χ2n) is 6.20. The predicted octanol–water partition coefficient (Wildman–Crippen LogP) is 3.65. The molecule has 0 saturated carbocycles. The molecule has 0 radical (unpaired) electrons. The maximum atomic E-state index is 12.3. The lowest BCUT2D eigenvalue weighted by Crippen LogP contribution is -2.38. The zero-order valence-corrected chi connectivity index (χ0v) is 14.6. The third-order valence-electron chi connectivity index (χ3n) is 4.58. The molecule has 1 saturated heterocycles. The van der Waals surface area contributed by atoms with Crippen LogP contribution in [0.5, 0.6) is 5.75 Å². The Bertz CT molecular complexity index is 684.